The van der Waals surface area contributed by atoms with E-state index in [-0.39, 0.29) is 17.9 Å². The molecule has 3 N–H and O–H groups in total. The van der Waals surface area contributed by atoms with E-state index in [0.29, 0.717) is 0 Å². The van der Waals surface area contributed by atoms with Crippen molar-refractivity contribution in [3.05, 3.63) is 30.1 Å². The molecule has 0 aliphatic heterocycles. The zero-order valence-corrected chi connectivity index (χ0v) is 10.7. The average Bonchev–Trinajstić information content (AvgIpc) is 2.37. The topological polar surface area (TPSA) is 68.0 Å². The Hall–Kier alpha value is -1.42. The number of amides is 1. The van der Waals surface area contributed by atoms with Gasteiger partial charge in [-0.2, -0.15) is 0 Å². The fraction of sp³-hybridized carbons (Fsp3) is 0.538. The molecular weight excluding hydrogens is 214 g/mol. The number of aromatic nitrogens is 1. The van der Waals surface area contributed by atoms with Gasteiger partial charge < -0.3 is 11.1 Å². The highest BCUT2D eigenvalue weighted by Crippen LogP contribution is 2.10. The van der Waals surface area contributed by atoms with Gasteiger partial charge in [0.1, 0.15) is 0 Å². The molecule has 1 amide bonds. The molecule has 2 unspecified atom stereocenters. The first kappa shape index (κ1) is 13.6. The number of nitrogens with zero attached hydrogens (tertiary/aromatic N) is 1. The van der Waals surface area contributed by atoms with E-state index < -0.39 is 6.04 Å². The predicted octanol–water partition coefficient (Wildman–Crippen LogP) is 1.63. The molecule has 4 nitrogen and oxygen atoms in total. The minimum Gasteiger partial charge on any atom is -0.347 e. The van der Waals surface area contributed by atoms with Crippen LogP contribution in [-0.2, 0) is 4.79 Å². The third-order valence-electron chi connectivity index (χ3n) is 3.05. The third kappa shape index (κ3) is 3.82. The molecule has 4 heteroatoms. The van der Waals surface area contributed by atoms with Gasteiger partial charge in [0, 0.05) is 6.20 Å². The Morgan fingerprint density at radius 3 is 2.71 bits per heavy atom. The van der Waals surface area contributed by atoms with Crippen LogP contribution in [0.3, 0.4) is 0 Å². The first-order valence-corrected chi connectivity index (χ1v) is 6.03. The zero-order chi connectivity index (χ0) is 12.8. The van der Waals surface area contributed by atoms with Gasteiger partial charge in [-0.3, -0.25) is 9.78 Å². The third-order valence-corrected chi connectivity index (χ3v) is 3.05. The summed E-state index contributed by atoms with van der Waals surface area (Å²) >= 11 is 0. The standard InChI is InChI=1S/C13H21N3O/c1-4-9(2)12(14)13(17)16-10(3)11-7-5-6-8-15-11/h5-10,12H,4,14H2,1-3H3,(H,16,17)/t9?,10?,12-/m0/s1. The molecule has 0 fully saturated rings. The van der Waals surface area contributed by atoms with Crippen molar-refractivity contribution in [2.45, 2.75) is 39.3 Å². The maximum Gasteiger partial charge on any atom is 0.237 e. The van der Waals surface area contributed by atoms with Gasteiger partial charge in [0.25, 0.3) is 0 Å². The molecule has 0 radical (unpaired) electrons. The molecule has 17 heavy (non-hydrogen) atoms. The van der Waals surface area contributed by atoms with E-state index in [4.69, 9.17) is 5.73 Å². The molecule has 3 atom stereocenters. The maximum atomic E-state index is 11.9. The Morgan fingerprint density at radius 1 is 1.47 bits per heavy atom. The number of carbonyl (C=O) groups is 1. The average molecular weight is 235 g/mol. The Kier molecular flexibility index (Phi) is 5.10. The van der Waals surface area contributed by atoms with E-state index in [1.54, 1.807) is 6.20 Å². The van der Waals surface area contributed by atoms with E-state index in [0.717, 1.165) is 12.1 Å². The molecule has 94 valence electrons. The summed E-state index contributed by atoms with van der Waals surface area (Å²) in [4.78, 5) is 16.1. The number of hydrogen-bond acceptors (Lipinski definition) is 3. The van der Waals surface area contributed by atoms with Gasteiger partial charge in [0.2, 0.25) is 5.91 Å². The predicted molar refractivity (Wildman–Crippen MR) is 68.2 cm³/mol. The number of nitrogens with two attached hydrogens (primary N) is 1. The second kappa shape index (κ2) is 6.35. The molecule has 0 aliphatic carbocycles. The van der Waals surface area contributed by atoms with Crippen molar-refractivity contribution >= 4 is 5.91 Å². The van der Waals surface area contributed by atoms with Crippen LogP contribution in [-0.4, -0.2) is 16.9 Å². The van der Waals surface area contributed by atoms with Gasteiger partial charge in [0.05, 0.1) is 17.8 Å². The Balaban J connectivity index is 2.57. The summed E-state index contributed by atoms with van der Waals surface area (Å²) in [7, 11) is 0. The van der Waals surface area contributed by atoms with Crippen molar-refractivity contribution in [2.24, 2.45) is 11.7 Å². The van der Waals surface area contributed by atoms with E-state index in [9.17, 15) is 4.79 Å². The van der Waals surface area contributed by atoms with Gasteiger partial charge in [-0.05, 0) is 25.0 Å². The fourth-order valence-electron chi connectivity index (χ4n) is 1.53. The van der Waals surface area contributed by atoms with Crippen LogP contribution >= 0.6 is 0 Å². The lowest BCUT2D eigenvalue weighted by Gasteiger charge is -2.20. The van der Waals surface area contributed by atoms with E-state index in [2.05, 4.69) is 10.3 Å². The lowest BCUT2D eigenvalue weighted by molar-refractivity contribution is -0.124. The van der Waals surface area contributed by atoms with Crippen LogP contribution in [0.4, 0.5) is 0 Å². The van der Waals surface area contributed by atoms with Gasteiger partial charge in [-0.1, -0.05) is 26.3 Å². The fourth-order valence-corrected chi connectivity index (χ4v) is 1.53. The quantitative estimate of drug-likeness (QED) is 0.815. The highest BCUT2D eigenvalue weighted by Gasteiger charge is 2.21. The van der Waals surface area contributed by atoms with E-state index >= 15 is 0 Å². The number of rotatable bonds is 5. The minimum absolute atomic E-state index is 0.112. The summed E-state index contributed by atoms with van der Waals surface area (Å²) in [6.45, 7) is 5.92. The largest absolute Gasteiger partial charge is 0.347 e. The number of pyridine rings is 1. The van der Waals surface area contributed by atoms with Crippen molar-refractivity contribution in [1.29, 1.82) is 0 Å². The summed E-state index contributed by atoms with van der Waals surface area (Å²) in [6.07, 6.45) is 2.61. The number of nitrogens with one attached hydrogen (secondary N) is 1. The van der Waals surface area contributed by atoms with Crippen LogP contribution < -0.4 is 11.1 Å². The van der Waals surface area contributed by atoms with Gasteiger partial charge >= 0.3 is 0 Å². The lowest BCUT2D eigenvalue weighted by atomic mass is 9.99. The molecule has 1 heterocycles. The Bertz CT molecular complexity index is 353. The molecule has 0 spiro atoms. The van der Waals surface area contributed by atoms with Crippen LogP contribution in [0.15, 0.2) is 24.4 Å². The molecule has 0 saturated carbocycles. The molecule has 0 aliphatic rings. The zero-order valence-electron chi connectivity index (χ0n) is 10.7. The molecule has 0 aromatic carbocycles. The minimum atomic E-state index is -0.453. The van der Waals surface area contributed by atoms with Crippen LogP contribution in [0, 0.1) is 5.92 Å². The van der Waals surface area contributed by atoms with Gasteiger partial charge in [0.15, 0.2) is 0 Å². The molecule has 0 bridgehead atoms. The summed E-state index contributed by atoms with van der Waals surface area (Å²) in [5, 5.41) is 2.88. The smallest absolute Gasteiger partial charge is 0.237 e. The van der Waals surface area contributed by atoms with Crippen LogP contribution in [0.1, 0.15) is 38.9 Å². The summed E-state index contributed by atoms with van der Waals surface area (Å²) in [5.74, 6) is 0.0726. The highest BCUT2D eigenvalue weighted by molar-refractivity contribution is 5.82. The number of carbonyl (C=O) groups excluding carboxylic acids is 1. The normalized spacial score (nSPS) is 16.0. The van der Waals surface area contributed by atoms with Crippen molar-refractivity contribution < 1.29 is 4.79 Å². The summed E-state index contributed by atoms with van der Waals surface area (Å²) in [5.41, 5.74) is 6.71. The van der Waals surface area contributed by atoms with Crippen LogP contribution in [0.2, 0.25) is 0 Å². The second-order valence-corrected chi connectivity index (χ2v) is 4.40. The lowest BCUT2D eigenvalue weighted by Crippen LogP contribution is -2.45. The van der Waals surface area contributed by atoms with Crippen molar-refractivity contribution in [3.63, 3.8) is 0 Å². The monoisotopic (exact) mass is 235 g/mol. The van der Waals surface area contributed by atoms with Gasteiger partial charge in [-0.15, -0.1) is 0 Å². The second-order valence-electron chi connectivity index (χ2n) is 4.40. The Morgan fingerprint density at radius 2 is 2.18 bits per heavy atom. The van der Waals surface area contributed by atoms with Crippen LogP contribution in [0.25, 0.3) is 0 Å². The number of hydrogen-bond donors (Lipinski definition) is 2. The van der Waals surface area contributed by atoms with Crippen molar-refractivity contribution in [3.8, 4) is 0 Å². The van der Waals surface area contributed by atoms with Crippen molar-refractivity contribution in [1.82, 2.24) is 10.3 Å². The molecule has 1 rings (SSSR count). The maximum absolute atomic E-state index is 11.9. The van der Waals surface area contributed by atoms with Crippen molar-refractivity contribution in [2.75, 3.05) is 0 Å². The van der Waals surface area contributed by atoms with E-state index in [1.165, 1.54) is 0 Å². The van der Waals surface area contributed by atoms with Crippen LogP contribution in [0.5, 0.6) is 0 Å². The van der Waals surface area contributed by atoms with Gasteiger partial charge in [-0.25, -0.2) is 0 Å². The SMILES string of the molecule is CCC(C)[C@H](N)C(=O)NC(C)c1ccccn1. The first-order chi connectivity index (χ1) is 8.06. The first-order valence-electron chi connectivity index (χ1n) is 6.03. The summed E-state index contributed by atoms with van der Waals surface area (Å²) < 4.78 is 0. The molecule has 1 aromatic heterocycles. The highest BCUT2D eigenvalue weighted by atomic mass is 16.2. The molecular formula is C13H21N3O. The van der Waals surface area contributed by atoms with E-state index in [1.807, 2.05) is 39.0 Å². The molecule has 0 saturated heterocycles. The Labute approximate surface area is 103 Å². The molecule has 1 aromatic rings. The summed E-state index contributed by atoms with van der Waals surface area (Å²) in [6, 6.07) is 5.08.